The molecule has 4 aromatic heterocycles. The number of rotatable bonds is 6. The van der Waals surface area contributed by atoms with Crippen molar-refractivity contribution < 1.29 is 19.1 Å². The molecule has 6 aromatic rings. The number of carbonyl (C=O) groups is 2. The van der Waals surface area contributed by atoms with E-state index < -0.39 is 11.2 Å². The summed E-state index contributed by atoms with van der Waals surface area (Å²) in [4.78, 5) is 41.2. The number of nitrogens with zero attached hydrogens (tertiary/aromatic N) is 8. The minimum atomic E-state index is -0.510. The highest BCUT2D eigenvalue weighted by Crippen LogP contribution is 2.36. The largest absolute Gasteiger partial charge is 0.444 e. The molecule has 5 N–H and O–H groups in total. The fourth-order valence-corrected chi connectivity index (χ4v) is 7.03. The molecule has 0 fully saturated rings. The van der Waals surface area contributed by atoms with E-state index in [1.54, 1.807) is 40.3 Å². The molecule has 2 aliphatic carbocycles. The summed E-state index contributed by atoms with van der Waals surface area (Å²) in [5, 5.41) is 17.3. The number of ether oxygens (including phenoxy) is 2. The Kier molecular flexibility index (Phi) is 13.6. The van der Waals surface area contributed by atoms with Crippen molar-refractivity contribution in [3.8, 4) is 22.5 Å². The number of nitrogen functional groups attached to an aromatic ring is 1. The molecule has 0 radical (unpaired) electrons. The van der Waals surface area contributed by atoms with Crippen LogP contribution in [-0.4, -0.2) is 62.9 Å². The molecule has 17 heteroatoms. The number of nitrogens with two attached hydrogens (primary N) is 1. The van der Waals surface area contributed by atoms with E-state index in [2.05, 4.69) is 64.3 Å². The second-order valence-corrected chi connectivity index (χ2v) is 17.1. The Bertz CT molecular complexity index is 2450. The third-order valence-corrected chi connectivity index (χ3v) is 9.56. The van der Waals surface area contributed by atoms with E-state index in [1.165, 1.54) is 11.1 Å². The SMILES string of the molecule is CC(C)(C)OC(=O)NC1CCc2cc(-c3ccnc(Cl)n3)ccc21.Cn1cc(N)cn1.Cn1cc(Nc2nccc(-c3ccc4c(c3)CCC4NC(=O)OC(C)(C)C)n2)cn1. The molecule has 0 saturated heterocycles. The molecular formula is C44H53ClN12O4. The summed E-state index contributed by atoms with van der Waals surface area (Å²) >= 11 is 5.86. The first-order valence-electron chi connectivity index (χ1n) is 19.9. The minimum Gasteiger partial charge on any atom is -0.444 e. The number of carbonyl (C=O) groups excluding carboxylic acids is 2. The second kappa shape index (κ2) is 18.8. The molecule has 61 heavy (non-hydrogen) atoms. The van der Waals surface area contributed by atoms with E-state index in [9.17, 15) is 9.59 Å². The molecule has 2 amide bonds. The number of hydrogen-bond donors (Lipinski definition) is 4. The molecule has 0 spiro atoms. The van der Waals surface area contributed by atoms with Crippen LogP contribution in [0.25, 0.3) is 22.5 Å². The van der Waals surface area contributed by atoms with Crippen molar-refractivity contribution in [3.05, 3.63) is 113 Å². The van der Waals surface area contributed by atoms with Crippen molar-refractivity contribution in [3.63, 3.8) is 0 Å². The first kappa shape index (κ1) is 44.0. The highest BCUT2D eigenvalue weighted by atomic mass is 35.5. The van der Waals surface area contributed by atoms with Crippen LogP contribution in [-0.2, 0) is 36.4 Å². The molecule has 0 aliphatic heterocycles. The van der Waals surface area contributed by atoms with Crippen LogP contribution >= 0.6 is 11.6 Å². The number of benzene rings is 2. The fraction of sp³-hybridized carbons (Fsp3) is 0.364. The minimum absolute atomic E-state index is 0.0158. The van der Waals surface area contributed by atoms with Crippen LogP contribution in [0.2, 0.25) is 5.28 Å². The summed E-state index contributed by atoms with van der Waals surface area (Å²) in [6.07, 6.45) is 13.1. The van der Waals surface area contributed by atoms with Crippen LogP contribution < -0.4 is 21.7 Å². The van der Waals surface area contributed by atoms with Crippen LogP contribution in [0.15, 0.2) is 85.7 Å². The van der Waals surface area contributed by atoms with Gasteiger partial charge in [0.25, 0.3) is 0 Å². The van der Waals surface area contributed by atoms with Crippen molar-refractivity contribution in [2.24, 2.45) is 14.1 Å². The lowest BCUT2D eigenvalue weighted by molar-refractivity contribution is 0.0492. The first-order valence-corrected chi connectivity index (χ1v) is 20.3. The summed E-state index contributed by atoms with van der Waals surface area (Å²) in [6.45, 7) is 11.2. The normalized spacial score (nSPS) is 15.2. The average Bonchev–Trinajstić information content (AvgIpc) is 3.98. The van der Waals surface area contributed by atoms with Crippen molar-refractivity contribution in [2.75, 3.05) is 11.1 Å². The lowest BCUT2D eigenvalue weighted by atomic mass is 10.0. The molecule has 8 rings (SSSR count). The van der Waals surface area contributed by atoms with Crippen LogP contribution in [0.5, 0.6) is 0 Å². The second-order valence-electron chi connectivity index (χ2n) is 16.8. The van der Waals surface area contributed by atoms with Gasteiger partial charge in [-0.3, -0.25) is 9.36 Å². The molecule has 320 valence electrons. The van der Waals surface area contributed by atoms with Gasteiger partial charge in [0, 0.05) is 50.0 Å². The Morgan fingerprint density at radius 1 is 0.721 bits per heavy atom. The van der Waals surface area contributed by atoms with Crippen LogP contribution in [0, 0.1) is 0 Å². The molecule has 2 unspecified atom stereocenters. The molecule has 4 heterocycles. The Labute approximate surface area is 360 Å². The van der Waals surface area contributed by atoms with Crippen LogP contribution in [0.1, 0.15) is 88.7 Å². The smallest absolute Gasteiger partial charge is 0.408 e. The first-order chi connectivity index (χ1) is 28.9. The van der Waals surface area contributed by atoms with Crippen molar-refractivity contribution >= 4 is 41.1 Å². The van der Waals surface area contributed by atoms with Gasteiger partial charge in [0.15, 0.2) is 0 Å². The Morgan fingerprint density at radius 2 is 1.23 bits per heavy atom. The summed E-state index contributed by atoms with van der Waals surface area (Å²) in [7, 11) is 3.69. The monoisotopic (exact) mass is 848 g/mol. The van der Waals surface area contributed by atoms with Gasteiger partial charge in [-0.25, -0.2) is 29.5 Å². The number of hydrogen-bond acceptors (Lipinski definition) is 12. The van der Waals surface area contributed by atoms with Crippen molar-refractivity contribution in [1.29, 1.82) is 0 Å². The number of anilines is 3. The van der Waals surface area contributed by atoms with Gasteiger partial charge >= 0.3 is 12.2 Å². The van der Waals surface area contributed by atoms with E-state index in [0.29, 0.717) is 11.6 Å². The number of halogens is 1. The van der Waals surface area contributed by atoms with Crippen LogP contribution in [0.3, 0.4) is 0 Å². The van der Waals surface area contributed by atoms with Crippen molar-refractivity contribution in [2.45, 2.75) is 90.5 Å². The number of fused-ring (bicyclic) bond motifs is 2. The van der Waals surface area contributed by atoms with Gasteiger partial charge in [-0.05, 0) is 125 Å². The highest BCUT2D eigenvalue weighted by Gasteiger charge is 2.28. The third-order valence-electron chi connectivity index (χ3n) is 9.38. The zero-order valence-corrected chi connectivity index (χ0v) is 36.5. The van der Waals surface area contributed by atoms with E-state index >= 15 is 0 Å². The third kappa shape index (κ3) is 12.7. The van der Waals surface area contributed by atoms with Crippen molar-refractivity contribution in [1.82, 2.24) is 50.1 Å². The topological polar surface area (TPSA) is 202 Å². The summed E-state index contributed by atoms with van der Waals surface area (Å²) in [5.41, 5.74) is 14.2. The maximum atomic E-state index is 12.1. The van der Waals surface area contributed by atoms with Gasteiger partial charge in [0.05, 0.1) is 47.2 Å². The zero-order chi connectivity index (χ0) is 43.9. The van der Waals surface area contributed by atoms with Gasteiger partial charge in [-0.1, -0.05) is 24.3 Å². The maximum absolute atomic E-state index is 12.1. The zero-order valence-electron chi connectivity index (χ0n) is 35.7. The molecule has 2 aliphatic rings. The fourth-order valence-electron chi connectivity index (χ4n) is 6.88. The predicted molar refractivity (Wildman–Crippen MR) is 235 cm³/mol. The summed E-state index contributed by atoms with van der Waals surface area (Å²) in [6, 6.07) is 16.0. The predicted octanol–water partition coefficient (Wildman–Crippen LogP) is 8.44. The lowest BCUT2D eigenvalue weighted by Crippen LogP contribution is -2.34. The number of aryl methyl sites for hydroxylation is 4. The number of aromatic nitrogens is 8. The molecule has 2 atom stereocenters. The van der Waals surface area contributed by atoms with Gasteiger partial charge in [-0.15, -0.1) is 0 Å². The highest BCUT2D eigenvalue weighted by molar-refractivity contribution is 6.28. The lowest BCUT2D eigenvalue weighted by Gasteiger charge is -2.22. The van der Waals surface area contributed by atoms with E-state index in [4.69, 9.17) is 26.8 Å². The Balaban J connectivity index is 0.000000179. The quantitative estimate of drug-likeness (QED) is 0.117. The number of alkyl carbamates (subject to hydrolysis) is 2. The van der Waals surface area contributed by atoms with E-state index in [-0.39, 0.29) is 29.6 Å². The Hall–Kier alpha value is -6.55. The molecule has 0 bridgehead atoms. The number of amides is 2. The molecular weight excluding hydrogens is 796 g/mol. The van der Waals surface area contributed by atoms with Gasteiger partial charge in [-0.2, -0.15) is 10.2 Å². The maximum Gasteiger partial charge on any atom is 0.408 e. The van der Waals surface area contributed by atoms with Crippen LogP contribution in [0.4, 0.5) is 26.9 Å². The van der Waals surface area contributed by atoms with E-state index in [1.807, 2.05) is 92.2 Å². The Morgan fingerprint density at radius 3 is 1.67 bits per heavy atom. The number of nitrogens with one attached hydrogen (secondary N) is 3. The van der Waals surface area contributed by atoms with Gasteiger partial charge < -0.3 is 31.2 Å². The molecule has 2 aromatic carbocycles. The molecule has 0 saturated carbocycles. The average molecular weight is 849 g/mol. The van der Waals surface area contributed by atoms with Gasteiger partial charge in [0.2, 0.25) is 11.2 Å². The van der Waals surface area contributed by atoms with Gasteiger partial charge in [0.1, 0.15) is 11.2 Å². The summed E-state index contributed by atoms with van der Waals surface area (Å²) in [5.74, 6) is 0.519. The standard InChI is InChI=1S/C22H26N6O2.C18H20ClN3O2.C4H7N3/c1-22(2,3)30-21(29)27-19-8-6-14-11-15(5-7-17(14)19)18-9-10-23-20(26-18)25-16-12-24-28(4)13-16;1-18(2,3)24-17(23)22-15-7-5-11-10-12(4-6-13(11)15)14-8-9-20-16(19)21-14;1-7-3-4(5)2-6-7/h5,7,9-13,19H,6,8H2,1-4H3,(H,27,29)(H,23,25,26);4,6,8-10,15H,5,7H2,1-3H3,(H,22,23);2-3H,5H2,1H3. The summed E-state index contributed by atoms with van der Waals surface area (Å²) < 4.78 is 14.1. The molecule has 16 nitrogen and oxygen atoms in total. The van der Waals surface area contributed by atoms with E-state index in [0.717, 1.165) is 65.0 Å².